The molecule has 1 unspecified atom stereocenters. The summed E-state index contributed by atoms with van der Waals surface area (Å²) in [4.78, 5) is 28.4. The molecule has 1 amide bonds. The number of carbonyl (C=O) groups is 1. The summed E-state index contributed by atoms with van der Waals surface area (Å²) in [7, 11) is 0. The van der Waals surface area contributed by atoms with E-state index in [4.69, 9.17) is 0 Å². The SMILES string of the molecule is Cc1ccc(Cn2cc(C(CC(=O)NCc3ccncc3)c3ccc(C(F)(F)F)cc3)c3cc([N+](=O)[O-])ccc32)cc1. The molecule has 1 atom stereocenters. The van der Waals surface area contributed by atoms with Gasteiger partial charge in [-0.25, -0.2) is 0 Å². The summed E-state index contributed by atoms with van der Waals surface area (Å²) in [5.41, 5.74) is 3.84. The molecule has 0 aliphatic carbocycles. The van der Waals surface area contributed by atoms with Crippen molar-refractivity contribution in [1.82, 2.24) is 14.9 Å². The first-order valence-electron chi connectivity index (χ1n) is 13.2. The molecule has 5 rings (SSSR count). The number of nitro groups is 1. The number of alkyl halides is 3. The number of benzene rings is 3. The Kier molecular flexibility index (Phi) is 8.06. The minimum Gasteiger partial charge on any atom is -0.352 e. The molecule has 3 aromatic carbocycles. The Labute approximate surface area is 239 Å². The standard InChI is InChI=1S/C32H27F3N4O3/c1-21-2-4-23(5-3-21)19-38-20-29(28-16-26(39(41)42)10-11-30(28)38)27(24-6-8-25(9-7-24)32(33,34)35)17-31(40)37-18-22-12-14-36-15-13-22/h2-16,20,27H,17-19H2,1H3,(H,37,40). The van der Waals surface area contributed by atoms with Gasteiger partial charge in [-0.15, -0.1) is 0 Å². The monoisotopic (exact) mass is 572 g/mol. The molecule has 0 bridgehead atoms. The predicted molar refractivity (Wildman–Crippen MR) is 153 cm³/mol. The second kappa shape index (κ2) is 11.9. The summed E-state index contributed by atoms with van der Waals surface area (Å²) >= 11 is 0. The van der Waals surface area contributed by atoms with Crippen molar-refractivity contribution in [3.63, 3.8) is 0 Å². The zero-order valence-corrected chi connectivity index (χ0v) is 22.6. The molecule has 0 saturated heterocycles. The second-order valence-corrected chi connectivity index (χ2v) is 10.2. The number of hydrogen-bond donors (Lipinski definition) is 1. The van der Waals surface area contributed by atoms with E-state index in [1.807, 2.05) is 42.0 Å². The molecule has 0 saturated carbocycles. The first-order chi connectivity index (χ1) is 20.1. The van der Waals surface area contributed by atoms with E-state index >= 15 is 0 Å². The molecule has 10 heteroatoms. The maximum Gasteiger partial charge on any atom is 0.416 e. The fourth-order valence-electron chi connectivity index (χ4n) is 5.00. The van der Waals surface area contributed by atoms with Crippen LogP contribution < -0.4 is 5.32 Å². The molecule has 2 aromatic heterocycles. The number of aryl methyl sites for hydroxylation is 1. The normalized spacial score (nSPS) is 12.3. The second-order valence-electron chi connectivity index (χ2n) is 10.2. The summed E-state index contributed by atoms with van der Waals surface area (Å²) in [5.74, 6) is -0.991. The van der Waals surface area contributed by atoms with Gasteiger partial charge in [0.2, 0.25) is 5.91 Å². The van der Waals surface area contributed by atoms with E-state index in [-0.39, 0.29) is 24.6 Å². The van der Waals surface area contributed by atoms with Crippen LogP contribution in [0.2, 0.25) is 0 Å². The molecule has 42 heavy (non-hydrogen) atoms. The van der Waals surface area contributed by atoms with Crippen LogP contribution in [0, 0.1) is 17.0 Å². The Balaban J connectivity index is 1.58. The van der Waals surface area contributed by atoms with Crippen molar-refractivity contribution in [2.75, 3.05) is 0 Å². The number of amides is 1. The minimum absolute atomic E-state index is 0.0806. The van der Waals surface area contributed by atoms with Gasteiger partial charge in [-0.3, -0.25) is 19.9 Å². The molecule has 2 heterocycles. The van der Waals surface area contributed by atoms with Crippen LogP contribution in [0.3, 0.4) is 0 Å². The Bertz CT molecular complexity index is 1720. The van der Waals surface area contributed by atoms with E-state index < -0.39 is 22.6 Å². The zero-order valence-electron chi connectivity index (χ0n) is 22.6. The van der Waals surface area contributed by atoms with Gasteiger partial charge < -0.3 is 9.88 Å². The summed E-state index contributed by atoms with van der Waals surface area (Å²) in [5, 5.41) is 15.1. The van der Waals surface area contributed by atoms with E-state index in [2.05, 4.69) is 10.3 Å². The van der Waals surface area contributed by atoms with Gasteiger partial charge >= 0.3 is 6.18 Å². The number of pyridine rings is 1. The lowest BCUT2D eigenvalue weighted by Gasteiger charge is -2.18. The number of aromatic nitrogens is 2. The topological polar surface area (TPSA) is 90.1 Å². The van der Waals surface area contributed by atoms with Crippen molar-refractivity contribution >= 4 is 22.5 Å². The van der Waals surface area contributed by atoms with Crippen molar-refractivity contribution < 1.29 is 22.9 Å². The Morgan fingerprint density at radius 3 is 2.31 bits per heavy atom. The maximum absolute atomic E-state index is 13.3. The summed E-state index contributed by atoms with van der Waals surface area (Å²) in [6, 6.07) is 20.8. The molecular formula is C32H27F3N4O3. The van der Waals surface area contributed by atoms with E-state index in [1.54, 1.807) is 30.6 Å². The number of hydrogen-bond acceptors (Lipinski definition) is 4. The molecular weight excluding hydrogens is 545 g/mol. The minimum atomic E-state index is -4.51. The van der Waals surface area contributed by atoms with Gasteiger partial charge in [0.05, 0.1) is 10.5 Å². The van der Waals surface area contributed by atoms with Gasteiger partial charge in [-0.2, -0.15) is 13.2 Å². The van der Waals surface area contributed by atoms with E-state index in [0.29, 0.717) is 28.6 Å². The van der Waals surface area contributed by atoms with Crippen LogP contribution in [0.25, 0.3) is 10.9 Å². The highest BCUT2D eigenvalue weighted by molar-refractivity contribution is 5.88. The quantitative estimate of drug-likeness (QED) is 0.150. The van der Waals surface area contributed by atoms with Gasteiger partial charge in [0.25, 0.3) is 5.69 Å². The summed E-state index contributed by atoms with van der Waals surface area (Å²) in [6.45, 7) is 2.70. The van der Waals surface area contributed by atoms with Crippen molar-refractivity contribution in [2.45, 2.75) is 38.5 Å². The third kappa shape index (κ3) is 6.49. The molecule has 0 fully saturated rings. The number of nitro benzene ring substituents is 1. The van der Waals surface area contributed by atoms with Crippen LogP contribution in [0.5, 0.6) is 0 Å². The zero-order chi connectivity index (χ0) is 29.9. The molecule has 1 N–H and O–H groups in total. The number of halogens is 3. The summed E-state index contributed by atoms with van der Waals surface area (Å²) < 4.78 is 42.0. The first kappa shape index (κ1) is 28.5. The number of nitrogens with one attached hydrogen (secondary N) is 1. The fraction of sp³-hybridized carbons (Fsp3) is 0.188. The Morgan fingerprint density at radius 1 is 0.976 bits per heavy atom. The Hall–Kier alpha value is -4.99. The third-order valence-electron chi connectivity index (χ3n) is 7.22. The van der Waals surface area contributed by atoms with Crippen molar-refractivity contribution in [1.29, 1.82) is 0 Å². The van der Waals surface area contributed by atoms with Gasteiger partial charge in [0, 0.05) is 67.1 Å². The van der Waals surface area contributed by atoms with Crippen LogP contribution in [0.4, 0.5) is 18.9 Å². The van der Waals surface area contributed by atoms with Crippen LogP contribution in [-0.4, -0.2) is 20.4 Å². The smallest absolute Gasteiger partial charge is 0.352 e. The summed E-state index contributed by atoms with van der Waals surface area (Å²) in [6.07, 6.45) is 0.473. The number of carbonyl (C=O) groups excluding carboxylic acids is 1. The van der Waals surface area contributed by atoms with Crippen LogP contribution in [0.1, 0.15) is 45.7 Å². The van der Waals surface area contributed by atoms with Crippen LogP contribution >= 0.6 is 0 Å². The molecule has 7 nitrogen and oxygen atoms in total. The number of non-ortho nitro benzene ring substituents is 1. The van der Waals surface area contributed by atoms with Crippen molar-refractivity contribution in [3.8, 4) is 0 Å². The van der Waals surface area contributed by atoms with Crippen LogP contribution in [0.15, 0.2) is 97.5 Å². The van der Waals surface area contributed by atoms with Gasteiger partial charge in [0.1, 0.15) is 0 Å². The Morgan fingerprint density at radius 2 is 1.67 bits per heavy atom. The lowest BCUT2D eigenvalue weighted by atomic mass is 9.87. The van der Waals surface area contributed by atoms with E-state index in [9.17, 15) is 28.1 Å². The molecule has 0 radical (unpaired) electrons. The average molecular weight is 573 g/mol. The molecule has 5 aromatic rings. The number of nitrogens with zero attached hydrogens (tertiary/aromatic N) is 3. The van der Waals surface area contributed by atoms with Gasteiger partial charge in [0.15, 0.2) is 0 Å². The predicted octanol–water partition coefficient (Wildman–Crippen LogP) is 7.16. The molecule has 0 spiro atoms. The van der Waals surface area contributed by atoms with E-state index in [0.717, 1.165) is 28.8 Å². The third-order valence-corrected chi connectivity index (χ3v) is 7.22. The van der Waals surface area contributed by atoms with Crippen molar-refractivity contribution in [2.24, 2.45) is 0 Å². The van der Waals surface area contributed by atoms with Crippen LogP contribution in [-0.2, 0) is 24.1 Å². The van der Waals surface area contributed by atoms with E-state index in [1.165, 1.54) is 24.3 Å². The highest BCUT2D eigenvalue weighted by Crippen LogP contribution is 2.38. The van der Waals surface area contributed by atoms with Gasteiger partial charge in [-0.05, 0) is 59.5 Å². The highest BCUT2D eigenvalue weighted by atomic mass is 19.4. The molecule has 0 aliphatic rings. The molecule has 214 valence electrons. The number of rotatable bonds is 9. The molecule has 0 aliphatic heterocycles. The highest BCUT2D eigenvalue weighted by Gasteiger charge is 2.31. The fourth-order valence-corrected chi connectivity index (χ4v) is 5.00. The average Bonchev–Trinajstić information content (AvgIpc) is 3.33. The van der Waals surface area contributed by atoms with Crippen molar-refractivity contribution in [3.05, 3.63) is 141 Å². The maximum atomic E-state index is 13.3. The lowest BCUT2D eigenvalue weighted by Crippen LogP contribution is -2.25. The number of fused-ring (bicyclic) bond motifs is 1. The van der Waals surface area contributed by atoms with Gasteiger partial charge in [-0.1, -0.05) is 42.0 Å². The lowest BCUT2D eigenvalue weighted by molar-refractivity contribution is -0.384. The first-order valence-corrected chi connectivity index (χ1v) is 13.2. The largest absolute Gasteiger partial charge is 0.416 e.